The van der Waals surface area contributed by atoms with Gasteiger partial charge in [0.2, 0.25) is 0 Å². The van der Waals surface area contributed by atoms with E-state index in [0.29, 0.717) is 23.7 Å². The molecule has 3 heterocycles. The minimum Gasteiger partial charge on any atom is -0.482 e. The van der Waals surface area contributed by atoms with Gasteiger partial charge >= 0.3 is 6.03 Å². The highest BCUT2D eigenvalue weighted by molar-refractivity contribution is 5.99. The Hall–Kier alpha value is -3.36. The van der Waals surface area contributed by atoms with Gasteiger partial charge in [-0.1, -0.05) is 0 Å². The van der Waals surface area contributed by atoms with Crippen LogP contribution in [-0.4, -0.2) is 54.7 Å². The van der Waals surface area contributed by atoms with Crippen molar-refractivity contribution < 1.29 is 14.3 Å². The summed E-state index contributed by atoms with van der Waals surface area (Å²) >= 11 is 0. The van der Waals surface area contributed by atoms with Crippen LogP contribution in [-0.2, 0) is 4.79 Å². The van der Waals surface area contributed by atoms with Gasteiger partial charge in [0, 0.05) is 44.3 Å². The summed E-state index contributed by atoms with van der Waals surface area (Å²) in [6.07, 6.45) is 6.91. The number of benzene rings is 1. The van der Waals surface area contributed by atoms with Crippen molar-refractivity contribution in [1.29, 1.82) is 0 Å². The molecule has 28 heavy (non-hydrogen) atoms. The molecule has 2 aliphatic rings. The summed E-state index contributed by atoms with van der Waals surface area (Å²) in [6, 6.07) is 4.98. The molecular formula is C19H22N6O3. The lowest BCUT2D eigenvalue weighted by Crippen LogP contribution is -2.49. The normalized spacial score (nSPS) is 18.9. The van der Waals surface area contributed by atoms with E-state index in [4.69, 9.17) is 4.74 Å². The van der Waals surface area contributed by atoms with Crippen molar-refractivity contribution in [2.75, 3.05) is 41.9 Å². The van der Waals surface area contributed by atoms with E-state index in [9.17, 15) is 9.59 Å². The van der Waals surface area contributed by atoms with E-state index < -0.39 is 0 Å². The molecular weight excluding hydrogens is 360 g/mol. The second-order valence-corrected chi connectivity index (χ2v) is 6.87. The van der Waals surface area contributed by atoms with E-state index in [2.05, 4.69) is 25.5 Å². The summed E-state index contributed by atoms with van der Waals surface area (Å²) in [5.41, 5.74) is 1.24. The first-order valence-electron chi connectivity index (χ1n) is 9.22. The third-order valence-electron chi connectivity index (χ3n) is 4.93. The van der Waals surface area contributed by atoms with Gasteiger partial charge in [-0.2, -0.15) is 0 Å². The number of ether oxygens (including phenoxy) is 1. The second-order valence-electron chi connectivity index (χ2n) is 6.87. The number of anilines is 3. The minimum atomic E-state index is -0.281. The first kappa shape index (κ1) is 18.0. The Labute approximate surface area is 162 Å². The third-order valence-corrected chi connectivity index (χ3v) is 4.93. The predicted octanol–water partition coefficient (Wildman–Crippen LogP) is 1.62. The number of hydrogen-bond acceptors (Lipinski definition) is 6. The van der Waals surface area contributed by atoms with Gasteiger partial charge in [0.05, 0.1) is 11.9 Å². The molecule has 1 atom stereocenters. The maximum atomic E-state index is 12.5. The average Bonchev–Trinajstić information content (AvgIpc) is 2.72. The van der Waals surface area contributed by atoms with E-state index in [1.807, 2.05) is 0 Å². The smallest absolute Gasteiger partial charge is 0.319 e. The van der Waals surface area contributed by atoms with Crippen LogP contribution in [0.25, 0.3) is 0 Å². The average molecular weight is 382 g/mol. The van der Waals surface area contributed by atoms with Gasteiger partial charge in [-0.05, 0) is 31.0 Å². The summed E-state index contributed by atoms with van der Waals surface area (Å²) in [5, 5.41) is 5.85. The van der Waals surface area contributed by atoms with Crippen LogP contribution in [0.5, 0.6) is 5.75 Å². The van der Waals surface area contributed by atoms with Gasteiger partial charge in [-0.3, -0.25) is 9.78 Å². The van der Waals surface area contributed by atoms with Crippen LogP contribution in [0.3, 0.4) is 0 Å². The van der Waals surface area contributed by atoms with Crippen molar-refractivity contribution in [2.45, 2.75) is 18.9 Å². The zero-order valence-electron chi connectivity index (χ0n) is 15.6. The fraction of sp³-hybridized carbons (Fsp3) is 0.368. The van der Waals surface area contributed by atoms with Gasteiger partial charge in [0.1, 0.15) is 11.6 Å². The number of urea groups is 1. The highest BCUT2D eigenvalue weighted by Gasteiger charge is 2.24. The zero-order valence-corrected chi connectivity index (χ0v) is 15.6. The lowest BCUT2D eigenvalue weighted by atomic mass is 10.1. The van der Waals surface area contributed by atoms with Gasteiger partial charge in [0.25, 0.3) is 5.91 Å². The summed E-state index contributed by atoms with van der Waals surface area (Å²) in [6.45, 7) is 1.60. The maximum Gasteiger partial charge on any atom is 0.319 e. The van der Waals surface area contributed by atoms with Crippen molar-refractivity contribution in [3.8, 4) is 5.75 Å². The molecule has 0 saturated carbocycles. The Balaban J connectivity index is 1.37. The lowest BCUT2D eigenvalue weighted by Gasteiger charge is -2.33. The van der Waals surface area contributed by atoms with Crippen molar-refractivity contribution in [3.63, 3.8) is 0 Å². The molecule has 2 N–H and O–H groups in total. The van der Waals surface area contributed by atoms with Crippen molar-refractivity contribution >= 4 is 29.1 Å². The minimum absolute atomic E-state index is 0.0148. The van der Waals surface area contributed by atoms with Crippen molar-refractivity contribution in [1.82, 2.24) is 15.3 Å². The molecule has 4 rings (SSSR count). The number of aromatic nitrogens is 2. The van der Waals surface area contributed by atoms with Crippen LogP contribution >= 0.6 is 0 Å². The predicted molar refractivity (Wildman–Crippen MR) is 105 cm³/mol. The number of rotatable bonds is 3. The first-order valence-corrected chi connectivity index (χ1v) is 9.22. The molecule has 1 aromatic carbocycles. The number of hydrogen-bond donors (Lipinski definition) is 2. The van der Waals surface area contributed by atoms with E-state index in [1.165, 1.54) is 4.90 Å². The highest BCUT2D eigenvalue weighted by Crippen LogP contribution is 2.33. The molecule has 146 valence electrons. The second kappa shape index (κ2) is 7.71. The Bertz CT molecular complexity index is 875. The number of nitrogens with zero attached hydrogens (tertiary/aromatic N) is 4. The zero-order chi connectivity index (χ0) is 19.5. The molecule has 1 aromatic heterocycles. The molecule has 2 aliphatic heterocycles. The number of amides is 3. The molecule has 0 unspecified atom stereocenters. The number of carbonyl (C=O) groups excluding carboxylic acids is 2. The maximum absolute atomic E-state index is 12.5. The van der Waals surface area contributed by atoms with Crippen LogP contribution < -0.4 is 25.2 Å². The number of carbonyl (C=O) groups is 2. The summed E-state index contributed by atoms with van der Waals surface area (Å²) in [7, 11) is 1.69. The Kier molecular flexibility index (Phi) is 4.96. The molecule has 1 fully saturated rings. The van der Waals surface area contributed by atoms with Crippen LogP contribution in [0, 0.1) is 0 Å². The Morgan fingerprint density at radius 2 is 2.21 bits per heavy atom. The number of fused-ring (bicyclic) bond motifs is 1. The van der Waals surface area contributed by atoms with Crippen LogP contribution in [0.15, 0.2) is 36.8 Å². The topological polar surface area (TPSA) is 99.7 Å². The number of piperidine rings is 1. The molecule has 0 aliphatic carbocycles. The van der Waals surface area contributed by atoms with Crippen molar-refractivity contribution in [3.05, 3.63) is 36.8 Å². The van der Waals surface area contributed by atoms with E-state index >= 15 is 0 Å². The van der Waals surface area contributed by atoms with Crippen LogP contribution in [0.4, 0.5) is 22.0 Å². The first-order chi connectivity index (χ1) is 13.6. The van der Waals surface area contributed by atoms with Gasteiger partial charge < -0.3 is 25.2 Å². The van der Waals surface area contributed by atoms with E-state index in [1.54, 1.807) is 43.8 Å². The third kappa shape index (κ3) is 3.83. The molecule has 0 spiro atoms. The molecule has 1 saturated heterocycles. The molecule has 2 aromatic rings. The monoisotopic (exact) mass is 382 g/mol. The molecule has 9 nitrogen and oxygen atoms in total. The number of likely N-dealkylation sites (N-methyl/N-ethyl adjacent to an activating group) is 1. The number of nitrogens with one attached hydrogen (secondary N) is 2. The van der Waals surface area contributed by atoms with Gasteiger partial charge in [-0.15, -0.1) is 0 Å². The summed E-state index contributed by atoms with van der Waals surface area (Å²) in [5.74, 6) is 1.32. The van der Waals surface area contributed by atoms with Gasteiger partial charge in [0.15, 0.2) is 6.61 Å². The molecule has 3 amide bonds. The van der Waals surface area contributed by atoms with E-state index in [0.717, 1.165) is 25.2 Å². The SMILES string of the molecule is CN1C(=O)COc2ccc(NC(=O)N[C@H]3CCCN(c4cnccn4)C3)cc21. The molecule has 9 heteroatoms. The van der Waals surface area contributed by atoms with Crippen LogP contribution in [0.2, 0.25) is 0 Å². The van der Waals surface area contributed by atoms with E-state index in [-0.39, 0.29) is 24.6 Å². The van der Waals surface area contributed by atoms with Crippen molar-refractivity contribution in [2.24, 2.45) is 0 Å². The largest absolute Gasteiger partial charge is 0.482 e. The lowest BCUT2D eigenvalue weighted by molar-refractivity contribution is -0.120. The standard InChI is InChI=1S/C19H22N6O3/c1-24-15-9-13(4-5-16(15)28-12-18(24)26)22-19(27)23-14-3-2-8-25(11-14)17-10-20-6-7-21-17/h4-7,9-10,14H,2-3,8,11-12H2,1H3,(H2,22,23,27)/t14-/m0/s1. The fourth-order valence-corrected chi connectivity index (χ4v) is 3.46. The van der Waals surface area contributed by atoms with Gasteiger partial charge in [-0.25, -0.2) is 9.78 Å². The molecule has 0 radical (unpaired) electrons. The van der Waals surface area contributed by atoms with Crippen LogP contribution in [0.1, 0.15) is 12.8 Å². The quantitative estimate of drug-likeness (QED) is 0.837. The molecule has 0 bridgehead atoms. The Morgan fingerprint density at radius 3 is 3.04 bits per heavy atom. The summed E-state index contributed by atoms with van der Waals surface area (Å²) < 4.78 is 5.41. The Morgan fingerprint density at radius 1 is 1.32 bits per heavy atom. The highest BCUT2D eigenvalue weighted by atomic mass is 16.5. The fourth-order valence-electron chi connectivity index (χ4n) is 3.46. The summed E-state index contributed by atoms with van der Waals surface area (Å²) in [4.78, 5) is 36.3.